The van der Waals surface area contributed by atoms with Gasteiger partial charge in [0.1, 0.15) is 0 Å². The average molecular weight is 321 g/mol. The second-order valence-electron chi connectivity index (χ2n) is 5.80. The van der Waals surface area contributed by atoms with Crippen LogP contribution in [0.3, 0.4) is 0 Å². The van der Waals surface area contributed by atoms with Gasteiger partial charge in [-0.3, -0.25) is 0 Å². The summed E-state index contributed by atoms with van der Waals surface area (Å²) in [6.07, 6.45) is 0.264. The molecule has 3 heteroatoms. The zero-order chi connectivity index (χ0) is 17.1. The number of rotatable bonds is 3. The summed E-state index contributed by atoms with van der Waals surface area (Å²) in [4.78, 5) is 9.35. The van der Waals surface area contributed by atoms with E-state index in [4.69, 9.17) is 10.2 Å². The molecule has 1 heterocycles. The molecule has 0 atom stereocenters. The summed E-state index contributed by atoms with van der Waals surface area (Å²) in [5.41, 5.74) is 3.58. The fourth-order valence-corrected chi connectivity index (χ4v) is 2.97. The van der Waals surface area contributed by atoms with Gasteiger partial charge in [0.05, 0.1) is 23.9 Å². The Morgan fingerprint density at radius 1 is 0.800 bits per heavy atom. The smallest absolute Gasteiger partial charge is 0.160 e. The highest BCUT2D eigenvalue weighted by atomic mass is 14.9. The number of aromatic nitrogens is 2. The van der Waals surface area contributed by atoms with Crippen LogP contribution in [0.25, 0.3) is 33.4 Å². The van der Waals surface area contributed by atoms with Gasteiger partial charge in [-0.05, 0) is 16.8 Å². The molecule has 0 fully saturated rings. The molecule has 0 N–H and O–H groups in total. The lowest BCUT2D eigenvalue weighted by molar-refractivity contribution is 1.07. The van der Waals surface area contributed by atoms with E-state index in [0.717, 1.165) is 27.9 Å². The molecule has 1 aromatic heterocycles. The van der Waals surface area contributed by atoms with E-state index in [2.05, 4.69) is 35.3 Å². The van der Waals surface area contributed by atoms with E-state index in [-0.39, 0.29) is 6.42 Å². The molecule has 0 saturated carbocycles. The Labute approximate surface area is 146 Å². The Kier molecular flexibility index (Phi) is 3.94. The van der Waals surface area contributed by atoms with E-state index < -0.39 is 0 Å². The first kappa shape index (κ1) is 15.0. The van der Waals surface area contributed by atoms with Crippen LogP contribution < -0.4 is 0 Å². The molecule has 3 nitrogen and oxygen atoms in total. The first-order valence-electron chi connectivity index (χ1n) is 8.13. The van der Waals surface area contributed by atoms with Gasteiger partial charge in [0.15, 0.2) is 5.82 Å². The number of nitriles is 1. The first-order chi connectivity index (χ1) is 12.3. The highest BCUT2D eigenvalue weighted by molar-refractivity contribution is 5.95. The molecule has 0 aliphatic rings. The van der Waals surface area contributed by atoms with E-state index >= 15 is 0 Å². The van der Waals surface area contributed by atoms with E-state index in [9.17, 15) is 0 Å². The largest absolute Gasteiger partial charge is 0.232 e. The third-order valence-electron chi connectivity index (χ3n) is 4.14. The first-order valence-corrected chi connectivity index (χ1v) is 8.13. The fraction of sp³-hybridized carbons (Fsp3) is 0.0455. The standard InChI is InChI=1S/C22H15N3/c23-14-13-18-15-21(25-22(24-18)17-8-2-1-3-9-17)20-12-6-10-16-7-4-5-11-19(16)20/h1-12,15H,13H2. The van der Waals surface area contributed by atoms with Crippen LogP contribution in [0.4, 0.5) is 0 Å². The molecule has 4 aromatic rings. The maximum atomic E-state index is 9.10. The quantitative estimate of drug-likeness (QED) is 0.532. The fourth-order valence-electron chi connectivity index (χ4n) is 2.97. The third-order valence-corrected chi connectivity index (χ3v) is 4.14. The van der Waals surface area contributed by atoms with E-state index in [1.807, 2.05) is 54.6 Å². The minimum atomic E-state index is 0.264. The van der Waals surface area contributed by atoms with Gasteiger partial charge >= 0.3 is 0 Å². The Balaban J connectivity index is 1.95. The molecule has 25 heavy (non-hydrogen) atoms. The molecule has 0 bridgehead atoms. The summed E-state index contributed by atoms with van der Waals surface area (Å²) in [6, 6.07) is 28.4. The van der Waals surface area contributed by atoms with Crippen LogP contribution in [-0.4, -0.2) is 9.97 Å². The summed E-state index contributed by atoms with van der Waals surface area (Å²) in [5.74, 6) is 0.649. The Hall–Kier alpha value is -3.51. The topological polar surface area (TPSA) is 49.6 Å². The van der Waals surface area contributed by atoms with E-state index in [1.165, 1.54) is 5.39 Å². The lowest BCUT2D eigenvalue weighted by atomic mass is 10.0. The molecule has 0 amide bonds. The molecule has 0 radical (unpaired) electrons. The highest BCUT2D eigenvalue weighted by Gasteiger charge is 2.10. The van der Waals surface area contributed by atoms with Gasteiger partial charge in [0.2, 0.25) is 0 Å². The lowest BCUT2D eigenvalue weighted by Crippen LogP contribution is -1.98. The summed E-state index contributed by atoms with van der Waals surface area (Å²) in [6.45, 7) is 0. The highest BCUT2D eigenvalue weighted by Crippen LogP contribution is 2.29. The minimum Gasteiger partial charge on any atom is -0.232 e. The van der Waals surface area contributed by atoms with Crippen molar-refractivity contribution in [1.29, 1.82) is 5.26 Å². The molecule has 0 aliphatic heterocycles. The third kappa shape index (κ3) is 2.98. The van der Waals surface area contributed by atoms with Crippen LogP contribution in [0.2, 0.25) is 0 Å². The van der Waals surface area contributed by atoms with Crippen LogP contribution in [0.1, 0.15) is 5.69 Å². The minimum absolute atomic E-state index is 0.264. The normalized spacial score (nSPS) is 10.5. The monoisotopic (exact) mass is 321 g/mol. The van der Waals surface area contributed by atoms with Crippen LogP contribution in [-0.2, 0) is 6.42 Å². The van der Waals surface area contributed by atoms with Crippen molar-refractivity contribution in [3.8, 4) is 28.7 Å². The lowest BCUT2D eigenvalue weighted by Gasteiger charge is -2.10. The predicted molar refractivity (Wildman–Crippen MR) is 99.7 cm³/mol. The molecule has 0 spiro atoms. The van der Waals surface area contributed by atoms with Crippen molar-refractivity contribution in [3.63, 3.8) is 0 Å². The molecular formula is C22H15N3. The second-order valence-corrected chi connectivity index (χ2v) is 5.80. The molecular weight excluding hydrogens is 306 g/mol. The Morgan fingerprint density at radius 2 is 1.56 bits per heavy atom. The van der Waals surface area contributed by atoms with Crippen molar-refractivity contribution in [3.05, 3.63) is 84.6 Å². The zero-order valence-electron chi connectivity index (χ0n) is 13.6. The van der Waals surface area contributed by atoms with Crippen LogP contribution in [0, 0.1) is 11.3 Å². The van der Waals surface area contributed by atoms with Crippen molar-refractivity contribution in [2.24, 2.45) is 0 Å². The summed E-state index contributed by atoms with van der Waals surface area (Å²) in [5, 5.41) is 11.4. The summed E-state index contributed by atoms with van der Waals surface area (Å²) < 4.78 is 0. The van der Waals surface area contributed by atoms with E-state index in [0.29, 0.717) is 5.82 Å². The molecule has 3 aromatic carbocycles. The molecule has 0 unspecified atom stereocenters. The van der Waals surface area contributed by atoms with Gasteiger partial charge in [-0.1, -0.05) is 72.8 Å². The number of nitrogens with zero attached hydrogens (tertiary/aromatic N) is 3. The maximum absolute atomic E-state index is 9.10. The molecule has 0 aliphatic carbocycles. The number of hydrogen-bond acceptors (Lipinski definition) is 3. The number of benzene rings is 3. The van der Waals surface area contributed by atoms with E-state index in [1.54, 1.807) is 0 Å². The maximum Gasteiger partial charge on any atom is 0.160 e. The second kappa shape index (κ2) is 6.54. The molecule has 0 saturated heterocycles. The van der Waals surface area contributed by atoms with Gasteiger partial charge in [-0.15, -0.1) is 0 Å². The summed E-state index contributed by atoms with van der Waals surface area (Å²) >= 11 is 0. The zero-order valence-corrected chi connectivity index (χ0v) is 13.6. The summed E-state index contributed by atoms with van der Waals surface area (Å²) in [7, 11) is 0. The van der Waals surface area contributed by atoms with Gasteiger partial charge < -0.3 is 0 Å². The molecule has 4 rings (SSSR count). The van der Waals surface area contributed by atoms with Crippen molar-refractivity contribution < 1.29 is 0 Å². The number of hydrogen-bond donors (Lipinski definition) is 0. The van der Waals surface area contributed by atoms with Crippen LogP contribution in [0.15, 0.2) is 78.9 Å². The van der Waals surface area contributed by atoms with Crippen molar-refractivity contribution in [2.75, 3.05) is 0 Å². The van der Waals surface area contributed by atoms with Gasteiger partial charge in [0, 0.05) is 11.1 Å². The van der Waals surface area contributed by atoms with Gasteiger partial charge in [-0.2, -0.15) is 5.26 Å². The Bertz CT molecular complexity index is 1070. The average Bonchev–Trinajstić information content (AvgIpc) is 2.68. The van der Waals surface area contributed by atoms with Crippen LogP contribution >= 0.6 is 0 Å². The SMILES string of the molecule is N#CCc1cc(-c2cccc3ccccc23)nc(-c2ccccc2)n1. The molecule has 118 valence electrons. The van der Waals surface area contributed by atoms with Crippen molar-refractivity contribution in [2.45, 2.75) is 6.42 Å². The van der Waals surface area contributed by atoms with Gasteiger partial charge in [-0.25, -0.2) is 9.97 Å². The van der Waals surface area contributed by atoms with Crippen LogP contribution in [0.5, 0.6) is 0 Å². The number of fused-ring (bicyclic) bond motifs is 1. The Morgan fingerprint density at radius 3 is 2.40 bits per heavy atom. The predicted octanol–water partition coefficient (Wildman–Crippen LogP) is 5.03. The van der Waals surface area contributed by atoms with Gasteiger partial charge in [0.25, 0.3) is 0 Å². The van der Waals surface area contributed by atoms with Crippen molar-refractivity contribution in [1.82, 2.24) is 9.97 Å². The van der Waals surface area contributed by atoms with Crippen molar-refractivity contribution >= 4 is 10.8 Å².